The number of rotatable bonds is 9. The first-order valence-corrected chi connectivity index (χ1v) is 9.70. The predicted molar refractivity (Wildman–Crippen MR) is 111 cm³/mol. The minimum Gasteiger partial charge on any atom is -0.497 e. The first-order valence-electron chi connectivity index (χ1n) is 9.70. The molecular formula is C23H30N2O3. The van der Waals surface area contributed by atoms with Crippen molar-refractivity contribution in [2.24, 2.45) is 0 Å². The van der Waals surface area contributed by atoms with Gasteiger partial charge in [0.25, 0.3) is 0 Å². The van der Waals surface area contributed by atoms with E-state index in [9.17, 15) is 9.59 Å². The molecule has 2 aromatic carbocycles. The summed E-state index contributed by atoms with van der Waals surface area (Å²) in [6, 6.07) is 14.9. The highest BCUT2D eigenvalue weighted by atomic mass is 16.5. The van der Waals surface area contributed by atoms with Gasteiger partial charge in [-0.15, -0.1) is 0 Å². The average Bonchev–Trinajstić information content (AvgIpc) is 2.71. The minimum absolute atomic E-state index is 0.0655. The summed E-state index contributed by atoms with van der Waals surface area (Å²) in [5, 5.41) is 2.89. The summed E-state index contributed by atoms with van der Waals surface area (Å²) >= 11 is 0. The number of carbonyl (C=O) groups is 2. The molecule has 2 amide bonds. The zero-order valence-corrected chi connectivity index (χ0v) is 17.2. The van der Waals surface area contributed by atoms with E-state index in [0.717, 1.165) is 28.9 Å². The number of hydrogen-bond donors (Lipinski definition) is 1. The third-order valence-electron chi connectivity index (χ3n) is 4.83. The van der Waals surface area contributed by atoms with E-state index in [1.807, 2.05) is 62.4 Å². The molecule has 0 saturated carbocycles. The van der Waals surface area contributed by atoms with Crippen LogP contribution in [0.25, 0.3) is 0 Å². The molecule has 1 atom stereocenters. The third kappa shape index (κ3) is 5.84. The van der Waals surface area contributed by atoms with Crippen molar-refractivity contribution in [3.63, 3.8) is 0 Å². The van der Waals surface area contributed by atoms with E-state index in [0.29, 0.717) is 13.1 Å². The average molecular weight is 383 g/mol. The number of methoxy groups -OCH3 is 1. The van der Waals surface area contributed by atoms with Crippen molar-refractivity contribution >= 4 is 11.8 Å². The topological polar surface area (TPSA) is 58.6 Å². The van der Waals surface area contributed by atoms with Crippen molar-refractivity contribution in [3.8, 4) is 5.75 Å². The summed E-state index contributed by atoms with van der Waals surface area (Å²) in [6.45, 7) is 6.75. The number of ether oxygens (including phenoxy) is 1. The maximum absolute atomic E-state index is 13.1. The van der Waals surface area contributed by atoms with Crippen molar-refractivity contribution < 1.29 is 14.3 Å². The summed E-state index contributed by atoms with van der Waals surface area (Å²) in [5.74, 6) is 0.563. The van der Waals surface area contributed by atoms with Gasteiger partial charge in [-0.2, -0.15) is 0 Å². The van der Waals surface area contributed by atoms with Crippen LogP contribution in [-0.4, -0.2) is 36.4 Å². The fraction of sp³-hybridized carbons (Fsp3) is 0.391. The highest BCUT2D eigenvalue weighted by Gasteiger charge is 2.26. The summed E-state index contributed by atoms with van der Waals surface area (Å²) < 4.78 is 5.20. The number of carbonyl (C=O) groups excluding carboxylic acids is 2. The van der Waals surface area contributed by atoms with E-state index in [1.165, 1.54) is 0 Å². The molecule has 0 heterocycles. The Morgan fingerprint density at radius 3 is 2.39 bits per heavy atom. The molecule has 0 aliphatic heterocycles. The molecular weight excluding hydrogens is 352 g/mol. The van der Waals surface area contributed by atoms with Gasteiger partial charge in [-0.1, -0.05) is 43.3 Å². The van der Waals surface area contributed by atoms with Gasteiger partial charge in [-0.05, 0) is 49.1 Å². The van der Waals surface area contributed by atoms with Crippen LogP contribution in [-0.2, 0) is 22.6 Å². The van der Waals surface area contributed by atoms with Gasteiger partial charge in [-0.25, -0.2) is 0 Å². The van der Waals surface area contributed by atoms with E-state index in [4.69, 9.17) is 4.74 Å². The van der Waals surface area contributed by atoms with Gasteiger partial charge < -0.3 is 15.0 Å². The Morgan fingerprint density at radius 2 is 1.79 bits per heavy atom. The second kappa shape index (κ2) is 10.5. The van der Waals surface area contributed by atoms with Gasteiger partial charge in [0.2, 0.25) is 11.8 Å². The van der Waals surface area contributed by atoms with Gasteiger partial charge in [0, 0.05) is 13.1 Å². The molecule has 5 heteroatoms. The monoisotopic (exact) mass is 382 g/mol. The largest absolute Gasteiger partial charge is 0.497 e. The van der Waals surface area contributed by atoms with Crippen molar-refractivity contribution in [1.29, 1.82) is 0 Å². The van der Waals surface area contributed by atoms with Crippen molar-refractivity contribution in [2.75, 3.05) is 13.7 Å². The number of benzene rings is 2. The Balaban J connectivity index is 2.22. The predicted octanol–water partition coefficient (Wildman–Crippen LogP) is 3.49. The van der Waals surface area contributed by atoms with Crippen molar-refractivity contribution in [1.82, 2.24) is 10.2 Å². The van der Waals surface area contributed by atoms with Crippen LogP contribution in [0.1, 0.15) is 37.0 Å². The van der Waals surface area contributed by atoms with Crippen LogP contribution in [0.5, 0.6) is 5.75 Å². The van der Waals surface area contributed by atoms with E-state index in [2.05, 4.69) is 5.32 Å². The Hall–Kier alpha value is -2.82. The maximum Gasteiger partial charge on any atom is 0.242 e. The Morgan fingerprint density at radius 1 is 1.11 bits per heavy atom. The fourth-order valence-electron chi connectivity index (χ4n) is 2.98. The summed E-state index contributed by atoms with van der Waals surface area (Å²) in [6.07, 6.45) is 1.13. The van der Waals surface area contributed by atoms with Gasteiger partial charge in [0.05, 0.1) is 13.5 Å². The molecule has 0 radical (unpaired) electrons. The molecule has 0 aromatic heterocycles. The normalized spacial score (nSPS) is 11.6. The zero-order chi connectivity index (χ0) is 20.5. The van der Waals surface area contributed by atoms with Gasteiger partial charge in [0.1, 0.15) is 11.8 Å². The molecule has 0 saturated heterocycles. The van der Waals surface area contributed by atoms with E-state index in [1.54, 1.807) is 18.9 Å². The lowest BCUT2D eigenvalue weighted by molar-refractivity contribution is -0.140. The summed E-state index contributed by atoms with van der Waals surface area (Å²) in [5.41, 5.74) is 3.01. The summed E-state index contributed by atoms with van der Waals surface area (Å²) in [4.78, 5) is 27.3. The molecule has 0 aliphatic rings. The van der Waals surface area contributed by atoms with E-state index >= 15 is 0 Å². The van der Waals surface area contributed by atoms with Crippen molar-refractivity contribution in [2.45, 2.75) is 46.2 Å². The first kappa shape index (κ1) is 21.5. The molecule has 1 N–H and O–H groups in total. The van der Waals surface area contributed by atoms with Crippen LogP contribution in [0.3, 0.4) is 0 Å². The SMILES string of the molecule is CCCNC(=O)[C@@H](C)N(Cc1ccc(OC)cc1)C(=O)Cc1ccccc1C. The second-order valence-electron chi connectivity index (χ2n) is 6.94. The molecule has 5 nitrogen and oxygen atoms in total. The number of hydrogen-bond acceptors (Lipinski definition) is 3. The quantitative estimate of drug-likeness (QED) is 0.722. The van der Waals surface area contributed by atoms with Crippen molar-refractivity contribution in [3.05, 3.63) is 65.2 Å². The number of nitrogens with zero attached hydrogens (tertiary/aromatic N) is 1. The molecule has 2 aromatic rings. The Kier molecular flexibility index (Phi) is 8.05. The molecule has 0 unspecified atom stereocenters. The lowest BCUT2D eigenvalue weighted by Gasteiger charge is -2.29. The van der Waals surface area contributed by atoms with Crippen LogP contribution >= 0.6 is 0 Å². The molecule has 0 bridgehead atoms. The summed E-state index contributed by atoms with van der Waals surface area (Å²) in [7, 11) is 1.62. The van der Waals surface area contributed by atoms with Crippen LogP contribution in [0.2, 0.25) is 0 Å². The highest BCUT2D eigenvalue weighted by Crippen LogP contribution is 2.17. The smallest absolute Gasteiger partial charge is 0.242 e. The number of aryl methyl sites for hydroxylation is 1. The minimum atomic E-state index is -0.551. The molecule has 2 rings (SSSR count). The van der Waals surface area contributed by atoms with Gasteiger partial charge in [0.15, 0.2) is 0 Å². The maximum atomic E-state index is 13.1. The molecule has 0 spiro atoms. The number of amides is 2. The van der Waals surface area contributed by atoms with Crippen LogP contribution in [0.4, 0.5) is 0 Å². The lowest BCUT2D eigenvalue weighted by Crippen LogP contribution is -2.48. The van der Waals surface area contributed by atoms with E-state index in [-0.39, 0.29) is 18.2 Å². The number of nitrogens with one attached hydrogen (secondary N) is 1. The van der Waals surface area contributed by atoms with Gasteiger partial charge in [-0.3, -0.25) is 9.59 Å². The van der Waals surface area contributed by atoms with Gasteiger partial charge >= 0.3 is 0 Å². The Bertz CT molecular complexity index is 787. The standard InChI is InChI=1S/C23H30N2O3/c1-5-14-24-23(27)18(3)25(16-19-10-12-21(28-4)13-11-19)22(26)15-20-9-7-6-8-17(20)2/h6-13,18H,5,14-16H2,1-4H3,(H,24,27)/t18-/m1/s1. The lowest BCUT2D eigenvalue weighted by atomic mass is 10.0. The second-order valence-corrected chi connectivity index (χ2v) is 6.94. The third-order valence-corrected chi connectivity index (χ3v) is 4.83. The molecule has 150 valence electrons. The Labute approximate surface area is 167 Å². The first-order chi connectivity index (χ1) is 13.5. The fourth-order valence-corrected chi connectivity index (χ4v) is 2.98. The van der Waals surface area contributed by atoms with Crippen LogP contribution in [0, 0.1) is 6.92 Å². The zero-order valence-electron chi connectivity index (χ0n) is 17.2. The van der Waals surface area contributed by atoms with Crippen LogP contribution in [0.15, 0.2) is 48.5 Å². The molecule has 0 aliphatic carbocycles. The highest BCUT2D eigenvalue weighted by molar-refractivity contribution is 5.88. The molecule has 0 fully saturated rings. The molecule has 28 heavy (non-hydrogen) atoms. The van der Waals surface area contributed by atoms with Crippen LogP contribution < -0.4 is 10.1 Å². The van der Waals surface area contributed by atoms with E-state index < -0.39 is 6.04 Å².